The Morgan fingerprint density at radius 1 is 1.14 bits per heavy atom. The van der Waals surface area contributed by atoms with Crippen LogP contribution in [-0.2, 0) is 14.6 Å². The fourth-order valence-corrected chi connectivity index (χ4v) is 4.13. The average molecular weight is 508 g/mol. The van der Waals surface area contributed by atoms with Gasteiger partial charge in [-0.1, -0.05) is 0 Å². The number of carbonyl (C=O) groups is 1. The van der Waals surface area contributed by atoms with Crippen LogP contribution in [-0.4, -0.2) is 65.6 Å². The summed E-state index contributed by atoms with van der Waals surface area (Å²) in [5.74, 6) is 0.786. The first-order valence-electron chi connectivity index (χ1n) is 11.6. The Hall–Kier alpha value is -3.15. The van der Waals surface area contributed by atoms with Crippen LogP contribution in [0.4, 0.5) is 16.3 Å². The van der Waals surface area contributed by atoms with E-state index in [2.05, 4.69) is 20.3 Å². The van der Waals surface area contributed by atoms with Crippen molar-refractivity contribution >= 4 is 27.4 Å². The largest absolute Gasteiger partial charge is 0.483 e. The van der Waals surface area contributed by atoms with E-state index >= 15 is 0 Å². The molecule has 192 valence electrons. The topological polar surface area (TPSA) is 133 Å². The maximum absolute atomic E-state index is 12.6. The first-order valence-corrected chi connectivity index (χ1v) is 13.4. The number of carbonyl (C=O) groups excluding carboxylic acids is 1. The number of sulfone groups is 1. The van der Waals surface area contributed by atoms with Gasteiger partial charge < -0.3 is 19.5 Å². The van der Waals surface area contributed by atoms with E-state index in [-0.39, 0.29) is 28.9 Å². The minimum absolute atomic E-state index is 0.0170. The smallest absolute Gasteiger partial charge is 0.412 e. The second-order valence-electron chi connectivity index (χ2n) is 8.90. The molecule has 1 saturated heterocycles. The molecule has 0 saturated carbocycles. The van der Waals surface area contributed by atoms with Crippen molar-refractivity contribution in [2.75, 3.05) is 18.1 Å². The fraction of sp³-hybridized carbons (Fsp3) is 0.565. The van der Waals surface area contributed by atoms with Gasteiger partial charge in [-0.25, -0.2) is 23.2 Å². The minimum atomic E-state index is -3.43. The Balaban J connectivity index is 1.92. The number of aryl methyl sites for hydroxylation is 1. The Labute approximate surface area is 206 Å². The van der Waals surface area contributed by atoms with Gasteiger partial charge in [-0.3, -0.25) is 4.90 Å². The summed E-state index contributed by atoms with van der Waals surface area (Å²) in [7, 11) is -3.43. The molecule has 35 heavy (non-hydrogen) atoms. The maximum Gasteiger partial charge on any atom is 0.412 e. The number of anilines is 2. The molecule has 1 atom stereocenters. The number of pyridine rings is 1. The summed E-state index contributed by atoms with van der Waals surface area (Å²) in [6, 6.07) is 3.04. The van der Waals surface area contributed by atoms with Crippen molar-refractivity contribution in [3.8, 4) is 11.6 Å². The molecule has 1 N–H and O–H groups in total. The Morgan fingerprint density at radius 2 is 1.89 bits per heavy atom. The average Bonchev–Trinajstić information content (AvgIpc) is 2.76. The third kappa shape index (κ3) is 6.93. The zero-order chi connectivity index (χ0) is 25.8. The van der Waals surface area contributed by atoms with Crippen LogP contribution in [0.2, 0.25) is 0 Å². The lowest BCUT2D eigenvalue weighted by Gasteiger charge is -2.35. The molecule has 0 radical (unpaired) electrons. The van der Waals surface area contributed by atoms with Gasteiger partial charge in [0, 0.05) is 19.2 Å². The van der Waals surface area contributed by atoms with E-state index in [0.717, 1.165) is 19.1 Å². The van der Waals surface area contributed by atoms with Crippen molar-refractivity contribution in [3.05, 3.63) is 24.2 Å². The number of amides is 1. The summed E-state index contributed by atoms with van der Waals surface area (Å²) in [6.45, 7) is 9.54. The van der Waals surface area contributed by atoms with E-state index in [1.807, 2.05) is 13.8 Å². The summed E-state index contributed by atoms with van der Waals surface area (Å²) in [4.78, 5) is 26.9. The van der Waals surface area contributed by atoms with Crippen molar-refractivity contribution in [1.82, 2.24) is 19.9 Å². The summed E-state index contributed by atoms with van der Waals surface area (Å²) in [5.41, 5.74) is 1.02. The molecule has 2 aromatic heterocycles. The number of aromatic nitrogens is 3. The molecular formula is C23H33N5O6S. The maximum atomic E-state index is 12.6. The quantitative estimate of drug-likeness (QED) is 0.561. The van der Waals surface area contributed by atoms with E-state index in [1.54, 1.807) is 31.7 Å². The number of piperidine rings is 1. The molecule has 1 fully saturated rings. The van der Waals surface area contributed by atoms with Gasteiger partial charge >= 0.3 is 6.09 Å². The highest BCUT2D eigenvalue weighted by molar-refractivity contribution is 7.90. The molecule has 1 unspecified atom stereocenters. The SMILES string of the molecule is Cc1nc(S(C)(=O)=O)ccc1Nc1ncnc(OC2CCCCN2C(=O)OC(C)C)c1OC(C)C. The van der Waals surface area contributed by atoms with Crippen molar-refractivity contribution in [2.45, 2.75) is 77.3 Å². The first kappa shape index (κ1) is 26.5. The van der Waals surface area contributed by atoms with Gasteiger partial charge in [0.15, 0.2) is 26.9 Å². The standard InChI is InChI=1S/C23H33N5O6S/c1-14(2)32-20-21(27-17-10-11-18(26-16(17)5)35(6,30)31)24-13-25-22(20)34-19-9-7-8-12-28(19)23(29)33-15(3)4/h10-11,13-15,19H,7-9,12H2,1-6H3,(H,24,25,27). The summed E-state index contributed by atoms with van der Waals surface area (Å²) < 4.78 is 41.2. The van der Waals surface area contributed by atoms with Gasteiger partial charge in [0.2, 0.25) is 5.75 Å². The lowest BCUT2D eigenvalue weighted by atomic mass is 10.1. The normalized spacial score (nSPS) is 16.3. The number of likely N-dealkylation sites (tertiary alicyclic amines) is 1. The third-order valence-corrected chi connectivity index (χ3v) is 6.07. The summed E-state index contributed by atoms with van der Waals surface area (Å²) in [5, 5.41) is 3.13. The molecule has 1 amide bonds. The molecule has 3 heterocycles. The second-order valence-corrected chi connectivity index (χ2v) is 10.9. The Bertz CT molecular complexity index is 1160. The van der Waals surface area contributed by atoms with E-state index < -0.39 is 22.2 Å². The molecule has 1 aliphatic heterocycles. The Morgan fingerprint density at radius 3 is 2.51 bits per heavy atom. The van der Waals surface area contributed by atoms with Crippen LogP contribution in [0.25, 0.3) is 0 Å². The number of ether oxygens (including phenoxy) is 3. The summed E-state index contributed by atoms with van der Waals surface area (Å²) in [6.07, 6.45) is 3.35. The molecule has 1 aliphatic rings. The highest BCUT2D eigenvalue weighted by Crippen LogP contribution is 2.36. The predicted octanol–water partition coefficient (Wildman–Crippen LogP) is 3.85. The zero-order valence-corrected chi connectivity index (χ0v) is 21.8. The van der Waals surface area contributed by atoms with Crippen LogP contribution < -0.4 is 14.8 Å². The number of hydrogen-bond donors (Lipinski definition) is 1. The van der Waals surface area contributed by atoms with Gasteiger partial charge in [-0.15, -0.1) is 0 Å². The molecule has 3 rings (SSSR count). The fourth-order valence-electron chi connectivity index (χ4n) is 3.51. The number of hydrogen-bond acceptors (Lipinski definition) is 10. The highest BCUT2D eigenvalue weighted by atomic mass is 32.2. The lowest BCUT2D eigenvalue weighted by molar-refractivity contribution is -0.0180. The van der Waals surface area contributed by atoms with Gasteiger partial charge in [-0.2, -0.15) is 4.98 Å². The summed E-state index contributed by atoms with van der Waals surface area (Å²) >= 11 is 0. The number of nitrogens with zero attached hydrogens (tertiary/aromatic N) is 4. The van der Waals surface area contributed by atoms with Crippen LogP contribution in [0.5, 0.6) is 11.6 Å². The van der Waals surface area contributed by atoms with Gasteiger partial charge in [0.25, 0.3) is 5.88 Å². The van der Waals surface area contributed by atoms with E-state index in [9.17, 15) is 13.2 Å². The van der Waals surface area contributed by atoms with E-state index in [0.29, 0.717) is 30.2 Å². The zero-order valence-electron chi connectivity index (χ0n) is 20.9. The van der Waals surface area contributed by atoms with Crippen molar-refractivity contribution in [1.29, 1.82) is 0 Å². The van der Waals surface area contributed by atoms with Crippen molar-refractivity contribution < 1.29 is 27.4 Å². The van der Waals surface area contributed by atoms with Gasteiger partial charge in [-0.05, 0) is 59.6 Å². The van der Waals surface area contributed by atoms with E-state index in [4.69, 9.17) is 14.2 Å². The molecular weight excluding hydrogens is 474 g/mol. The van der Waals surface area contributed by atoms with Crippen LogP contribution in [0.15, 0.2) is 23.5 Å². The molecule has 12 heteroatoms. The Kier molecular flexibility index (Phi) is 8.36. The molecule has 0 spiro atoms. The van der Waals surface area contributed by atoms with E-state index in [1.165, 1.54) is 12.4 Å². The number of rotatable bonds is 8. The van der Waals surface area contributed by atoms with Crippen LogP contribution >= 0.6 is 0 Å². The molecule has 2 aromatic rings. The second kappa shape index (κ2) is 11.1. The van der Waals surface area contributed by atoms with Gasteiger partial charge in [0.05, 0.1) is 23.6 Å². The van der Waals surface area contributed by atoms with Crippen molar-refractivity contribution in [2.24, 2.45) is 0 Å². The first-order chi connectivity index (χ1) is 16.5. The van der Waals surface area contributed by atoms with Crippen molar-refractivity contribution in [3.63, 3.8) is 0 Å². The molecule has 0 aromatic carbocycles. The minimum Gasteiger partial charge on any atom is -0.483 e. The van der Waals surface area contributed by atoms with Crippen LogP contribution in [0.3, 0.4) is 0 Å². The number of nitrogens with one attached hydrogen (secondary N) is 1. The molecule has 11 nitrogen and oxygen atoms in total. The highest BCUT2D eigenvalue weighted by Gasteiger charge is 2.32. The van der Waals surface area contributed by atoms with Crippen LogP contribution in [0, 0.1) is 6.92 Å². The monoisotopic (exact) mass is 507 g/mol. The van der Waals surface area contributed by atoms with Gasteiger partial charge in [0.1, 0.15) is 6.33 Å². The predicted molar refractivity (Wildman–Crippen MR) is 130 cm³/mol. The molecule has 0 aliphatic carbocycles. The lowest BCUT2D eigenvalue weighted by Crippen LogP contribution is -2.47. The van der Waals surface area contributed by atoms with Crippen LogP contribution in [0.1, 0.15) is 52.7 Å². The molecule has 0 bridgehead atoms. The third-order valence-electron chi connectivity index (χ3n) is 5.08.